The number of benzene rings is 3. The second-order valence-electron chi connectivity index (χ2n) is 7.75. The molecule has 1 saturated carbocycles. The number of hydrogen-bond donors (Lipinski definition) is 0. The average Bonchev–Trinajstić information content (AvgIpc) is 3.14. The molecule has 1 fully saturated rings. The Morgan fingerprint density at radius 2 is 1.04 bits per heavy atom. The van der Waals surface area contributed by atoms with Crippen molar-refractivity contribution in [2.45, 2.75) is 31.8 Å². The Labute approximate surface area is 160 Å². The third kappa shape index (κ3) is 2.16. The predicted octanol–water partition coefficient (Wildman–Crippen LogP) is 5.47. The fourth-order valence-electron chi connectivity index (χ4n) is 5.23. The summed E-state index contributed by atoms with van der Waals surface area (Å²) in [5.41, 5.74) is 1.79. The lowest BCUT2D eigenvalue weighted by Gasteiger charge is -2.27. The SMILES string of the molecule is CC(=O)O[C@]1(c2ccccc2)C(C)(C)C1(c1ccccc1)c1ccccc1. The van der Waals surface area contributed by atoms with Gasteiger partial charge in [0.1, 0.15) is 0 Å². The summed E-state index contributed by atoms with van der Waals surface area (Å²) in [5.74, 6) is -0.263. The number of esters is 1. The lowest BCUT2D eigenvalue weighted by Crippen LogP contribution is -2.28. The third-order valence-corrected chi connectivity index (χ3v) is 6.17. The van der Waals surface area contributed by atoms with Crippen LogP contribution in [0.5, 0.6) is 0 Å². The monoisotopic (exact) mass is 356 g/mol. The Kier molecular flexibility index (Phi) is 3.96. The van der Waals surface area contributed by atoms with Gasteiger partial charge in [-0.15, -0.1) is 0 Å². The van der Waals surface area contributed by atoms with Crippen LogP contribution in [0.2, 0.25) is 0 Å². The molecule has 0 unspecified atom stereocenters. The van der Waals surface area contributed by atoms with Crippen LogP contribution in [0.4, 0.5) is 0 Å². The quantitative estimate of drug-likeness (QED) is 0.579. The van der Waals surface area contributed by atoms with Crippen molar-refractivity contribution < 1.29 is 9.53 Å². The molecule has 4 rings (SSSR count). The summed E-state index contributed by atoms with van der Waals surface area (Å²) >= 11 is 0. The number of hydrogen-bond acceptors (Lipinski definition) is 2. The Morgan fingerprint density at radius 1 is 0.667 bits per heavy atom. The molecular weight excluding hydrogens is 332 g/mol. The zero-order chi connectivity index (χ0) is 19.1. The number of carbonyl (C=O) groups is 1. The van der Waals surface area contributed by atoms with Gasteiger partial charge in [-0.05, 0) is 16.7 Å². The highest BCUT2D eigenvalue weighted by Crippen LogP contribution is 2.81. The molecule has 0 aliphatic heterocycles. The highest BCUT2D eigenvalue weighted by molar-refractivity contribution is 5.72. The van der Waals surface area contributed by atoms with E-state index < -0.39 is 11.0 Å². The number of carbonyl (C=O) groups excluding carboxylic acids is 1. The van der Waals surface area contributed by atoms with E-state index in [4.69, 9.17) is 4.74 Å². The maximum absolute atomic E-state index is 12.3. The van der Waals surface area contributed by atoms with Gasteiger partial charge in [0.15, 0.2) is 5.60 Å². The molecule has 3 aromatic rings. The van der Waals surface area contributed by atoms with Gasteiger partial charge in [0.25, 0.3) is 0 Å². The number of rotatable bonds is 4. The molecule has 1 aliphatic carbocycles. The van der Waals surface area contributed by atoms with Gasteiger partial charge >= 0.3 is 5.97 Å². The molecular formula is C25H24O2. The zero-order valence-electron chi connectivity index (χ0n) is 16.0. The molecule has 2 heteroatoms. The molecule has 1 aliphatic rings. The van der Waals surface area contributed by atoms with Gasteiger partial charge < -0.3 is 4.74 Å². The zero-order valence-corrected chi connectivity index (χ0v) is 16.0. The van der Waals surface area contributed by atoms with E-state index in [0.717, 1.165) is 16.7 Å². The summed E-state index contributed by atoms with van der Waals surface area (Å²) in [6, 6.07) is 31.0. The minimum atomic E-state index is -0.768. The molecule has 136 valence electrons. The van der Waals surface area contributed by atoms with Crippen molar-refractivity contribution in [3.8, 4) is 0 Å². The van der Waals surface area contributed by atoms with Gasteiger partial charge in [0.05, 0.1) is 5.41 Å². The minimum Gasteiger partial charge on any atom is -0.452 e. The summed E-state index contributed by atoms with van der Waals surface area (Å²) in [7, 11) is 0. The normalized spacial score (nSPS) is 22.0. The summed E-state index contributed by atoms with van der Waals surface area (Å²) in [6.45, 7) is 5.89. The van der Waals surface area contributed by atoms with Gasteiger partial charge in [-0.3, -0.25) is 4.79 Å². The van der Waals surface area contributed by atoms with E-state index >= 15 is 0 Å². The first-order valence-electron chi connectivity index (χ1n) is 9.34. The largest absolute Gasteiger partial charge is 0.452 e. The second-order valence-corrected chi connectivity index (χ2v) is 7.75. The first kappa shape index (κ1) is 17.5. The van der Waals surface area contributed by atoms with Crippen LogP contribution in [0.25, 0.3) is 0 Å². The molecule has 3 aromatic carbocycles. The smallest absolute Gasteiger partial charge is 0.303 e. The van der Waals surface area contributed by atoms with E-state index in [1.807, 2.05) is 30.3 Å². The van der Waals surface area contributed by atoms with Crippen molar-refractivity contribution in [3.63, 3.8) is 0 Å². The summed E-state index contributed by atoms with van der Waals surface area (Å²) in [6.07, 6.45) is 0. The van der Waals surface area contributed by atoms with Crippen molar-refractivity contribution in [1.82, 2.24) is 0 Å². The summed E-state index contributed by atoms with van der Waals surface area (Å²) in [5, 5.41) is 0. The van der Waals surface area contributed by atoms with Gasteiger partial charge in [-0.2, -0.15) is 0 Å². The first-order valence-corrected chi connectivity index (χ1v) is 9.34. The van der Waals surface area contributed by atoms with E-state index in [1.165, 1.54) is 6.92 Å². The van der Waals surface area contributed by atoms with Crippen molar-refractivity contribution in [3.05, 3.63) is 108 Å². The Bertz CT molecular complexity index is 906. The van der Waals surface area contributed by atoms with E-state index in [9.17, 15) is 4.79 Å². The van der Waals surface area contributed by atoms with Crippen LogP contribution in [0.1, 0.15) is 37.5 Å². The first-order chi connectivity index (χ1) is 13.0. The molecule has 0 bridgehead atoms. The maximum Gasteiger partial charge on any atom is 0.303 e. The van der Waals surface area contributed by atoms with Crippen LogP contribution in [0.15, 0.2) is 91.0 Å². The maximum atomic E-state index is 12.3. The lowest BCUT2D eigenvalue weighted by molar-refractivity contribution is -0.152. The molecule has 0 saturated heterocycles. The van der Waals surface area contributed by atoms with Crippen LogP contribution in [0, 0.1) is 5.41 Å². The number of ether oxygens (including phenoxy) is 1. The molecule has 2 nitrogen and oxygen atoms in total. The Hall–Kier alpha value is -2.87. The summed E-state index contributed by atoms with van der Waals surface area (Å²) in [4.78, 5) is 12.3. The lowest BCUT2D eigenvalue weighted by atomic mass is 9.80. The van der Waals surface area contributed by atoms with Crippen LogP contribution in [0.3, 0.4) is 0 Å². The Morgan fingerprint density at radius 3 is 1.41 bits per heavy atom. The van der Waals surface area contributed by atoms with Crippen molar-refractivity contribution >= 4 is 5.97 Å². The van der Waals surface area contributed by atoms with Crippen LogP contribution in [-0.4, -0.2) is 5.97 Å². The van der Waals surface area contributed by atoms with Crippen molar-refractivity contribution in [2.75, 3.05) is 0 Å². The molecule has 27 heavy (non-hydrogen) atoms. The van der Waals surface area contributed by atoms with E-state index in [2.05, 4.69) is 74.5 Å². The minimum absolute atomic E-state index is 0.263. The van der Waals surface area contributed by atoms with E-state index in [-0.39, 0.29) is 11.4 Å². The van der Waals surface area contributed by atoms with Crippen LogP contribution < -0.4 is 0 Å². The fourth-order valence-corrected chi connectivity index (χ4v) is 5.23. The van der Waals surface area contributed by atoms with Crippen molar-refractivity contribution in [2.24, 2.45) is 5.41 Å². The molecule has 0 amide bonds. The standard InChI is InChI=1S/C25H24O2/c1-19(26)27-25(22-17-11-6-12-18-22)23(2,3)24(25,20-13-7-4-8-14-20)21-15-9-5-10-16-21/h4-18H,1-3H3/t25-/m1/s1. The third-order valence-electron chi connectivity index (χ3n) is 6.17. The molecule has 0 radical (unpaired) electrons. The molecule has 0 heterocycles. The fraction of sp³-hybridized carbons (Fsp3) is 0.240. The van der Waals surface area contributed by atoms with Gasteiger partial charge in [0, 0.05) is 12.3 Å². The van der Waals surface area contributed by atoms with Crippen molar-refractivity contribution in [1.29, 1.82) is 0 Å². The van der Waals surface area contributed by atoms with Crippen LogP contribution in [-0.2, 0) is 20.5 Å². The van der Waals surface area contributed by atoms with E-state index in [1.54, 1.807) is 0 Å². The molecule has 0 spiro atoms. The van der Waals surface area contributed by atoms with Gasteiger partial charge in [-0.1, -0.05) is 105 Å². The molecule has 0 aromatic heterocycles. The van der Waals surface area contributed by atoms with Crippen LogP contribution >= 0.6 is 0 Å². The predicted molar refractivity (Wildman–Crippen MR) is 107 cm³/mol. The molecule has 1 atom stereocenters. The average molecular weight is 356 g/mol. The second kappa shape index (κ2) is 6.09. The Balaban J connectivity index is 2.08. The van der Waals surface area contributed by atoms with Gasteiger partial charge in [0.2, 0.25) is 0 Å². The topological polar surface area (TPSA) is 26.3 Å². The highest BCUT2D eigenvalue weighted by Gasteiger charge is 2.87. The summed E-state index contributed by atoms with van der Waals surface area (Å²) < 4.78 is 6.24. The van der Waals surface area contributed by atoms with E-state index in [0.29, 0.717) is 0 Å². The highest BCUT2D eigenvalue weighted by atomic mass is 16.6. The molecule has 0 N–H and O–H groups in total. The van der Waals surface area contributed by atoms with Gasteiger partial charge in [-0.25, -0.2) is 0 Å².